The molecule has 2 aliphatic rings. The lowest BCUT2D eigenvalue weighted by Crippen LogP contribution is -2.32. The Morgan fingerprint density at radius 3 is 2.44 bits per heavy atom. The maximum absolute atomic E-state index is 13.4. The van der Waals surface area contributed by atoms with Crippen LogP contribution in [0.2, 0.25) is 0 Å². The van der Waals surface area contributed by atoms with Gasteiger partial charge in [0.2, 0.25) is 5.91 Å². The number of ether oxygens (including phenoxy) is 1. The van der Waals surface area contributed by atoms with Crippen LogP contribution in [0.15, 0.2) is 67.0 Å². The molecule has 0 atom stereocenters. The highest BCUT2D eigenvalue weighted by Crippen LogP contribution is 2.34. The van der Waals surface area contributed by atoms with Crippen LogP contribution in [0.5, 0.6) is 0 Å². The third kappa shape index (κ3) is 6.72. The van der Waals surface area contributed by atoms with Gasteiger partial charge in [0.25, 0.3) is 5.91 Å². The Hall–Kier alpha value is -4.00. The molecule has 39 heavy (non-hydrogen) atoms. The van der Waals surface area contributed by atoms with E-state index in [1.54, 1.807) is 19.3 Å². The molecular weight excluding hydrogens is 490 g/mol. The molecule has 1 aromatic heterocycles. The standard InChI is InChI=1S/C32H35N3O4/c1-2-39-30(36)17-24-16-27(20-33-19-24)29-13-12-26(32(38)34-14-6-7-15-34)18-28(29)22-35(31(37)25-10-11-25)21-23-8-4-3-5-9-23/h3-5,8-9,12-13,16,18-20,25H,2,6-7,10-11,14-15,17,21-22H2,1H3. The van der Waals surface area contributed by atoms with E-state index in [1.165, 1.54) is 0 Å². The summed E-state index contributed by atoms with van der Waals surface area (Å²) >= 11 is 0. The first-order chi connectivity index (χ1) is 19.0. The molecule has 0 spiro atoms. The molecule has 7 nitrogen and oxygen atoms in total. The number of hydrogen-bond donors (Lipinski definition) is 0. The Labute approximate surface area is 229 Å². The normalized spacial score (nSPS) is 14.7. The van der Waals surface area contributed by atoms with Gasteiger partial charge in [-0.05, 0) is 73.1 Å². The van der Waals surface area contributed by atoms with Crippen LogP contribution in [0.3, 0.4) is 0 Å². The highest BCUT2D eigenvalue weighted by atomic mass is 16.5. The summed E-state index contributed by atoms with van der Waals surface area (Å²) in [4.78, 5) is 47.0. The van der Waals surface area contributed by atoms with E-state index in [-0.39, 0.29) is 30.1 Å². The van der Waals surface area contributed by atoms with E-state index in [9.17, 15) is 14.4 Å². The highest BCUT2D eigenvalue weighted by molar-refractivity contribution is 5.95. The number of esters is 1. The lowest BCUT2D eigenvalue weighted by molar-refractivity contribution is -0.142. The van der Waals surface area contributed by atoms with Crippen molar-refractivity contribution in [1.82, 2.24) is 14.8 Å². The number of benzene rings is 2. The molecule has 0 N–H and O–H groups in total. The Kier molecular flexibility index (Phi) is 8.35. The topological polar surface area (TPSA) is 79.8 Å². The molecule has 1 aliphatic heterocycles. The van der Waals surface area contributed by atoms with Crippen LogP contribution in [-0.4, -0.2) is 52.3 Å². The first kappa shape index (κ1) is 26.6. The average molecular weight is 526 g/mol. The number of carbonyl (C=O) groups excluding carboxylic acids is 3. The molecule has 1 saturated carbocycles. The van der Waals surface area contributed by atoms with Gasteiger partial charge in [0.15, 0.2) is 0 Å². The van der Waals surface area contributed by atoms with Gasteiger partial charge in [-0.2, -0.15) is 0 Å². The minimum atomic E-state index is -0.299. The number of likely N-dealkylation sites (tertiary alicyclic amines) is 1. The quantitative estimate of drug-likeness (QED) is 0.347. The van der Waals surface area contributed by atoms with E-state index in [2.05, 4.69) is 4.98 Å². The van der Waals surface area contributed by atoms with Crippen LogP contribution < -0.4 is 0 Å². The number of hydrogen-bond acceptors (Lipinski definition) is 5. The summed E-state index contributed by atoms with van der Waals surface area (Å²) < 4.78 is 5.12. The number of pyridine rings is 1. The van der Waals surface area contributed by atoms with E-state index >= 15 is 0 Å². The smallest absolute Gasteiger partial charge is 0.310 e. The van der Waals surface area contributed by atoms with E-state index in [0.29, 0.717) is 25.3 Å². The summed E-state index contributed by atoms with van der Waals surface area (Å²) in [7, 11) is 0. The van der Waals surface area contributed by atoms with Gasteiger partial charge < -0.3 is 14.5 Å². The second-order valence-corrected chi connectivity index (χ2v) is 10.4. The zero-order valence-electron chi connectivity index (χ0n) is 22.5. The summed E-state index contributed by atoms with van der Waals surface area (Å²) in [5.74, 6) is -0.0543. The first-order valence-corrected chi connectivity index (χ1v) is 13.9. The first-order valence-electron chi connectivity index (χ1n) is 13.9. The van der Waals surface area contributed by atoms with Gasteiger partial charge in [0.05, 0.1) is 13.0 Å². The van der Waals surface area contributed by atoms with Gasteiger partial charge in [-0.1, -0.05) is 36.4 Å². The Bertz CT molecular complexity index is 1330. The minimum Gasteiger partial charge on any atom is -0.466 e. The summed E-state index contributed by atoms with van der Waals surface area (Å²) in [6.07, 6.45) is 7.46. The van der Waals surface area contributed by atoms with Gasteiger partial charge in [-0.15, -0.1) is 0 Å². The molecule has 3 aromatic rings. The zero-order valence-corrected chi connectivity index (χ0v) is 22.5. The highest BCUT2D eigenvalue weighted by Gasteiger charge is 2.34. The number of aromatic nitrogens is 1. The van der Waals surface area contributed by atoms with Gasteiger partial charge in [0.1, 0.15) is 0 Å². The third-order valence-corrected chi connectivity index (χ3v) is 7.32. The monoisotopic (exact) mass is 525 g/mol. The summed E-state index contributed by atoms with van der Waals surface area (Å²) in [6.45, 7) is 4.54. The predicted molar refractivity (Wildman–Crippen MR) is 149 cm³/mol. The average Bonchev–Trinajstić information content (AvgIpc) is 3.66. The van der Waals surface area contributed by atoms with Crippen molar-refractivity contribution in [2.45, 2.75) is 52.1 Å². The van der Waals surface area contributed by atoms with Crippen LogP contribution in [0, 0.1) is 5.92 Å². The molecular formula is C32H35N3O4. The van der Waals surface area contributed by atoms with Gasteiger partial charge in [-0.3, -0.25) is 19.4 Å². The molecule has 0 unspecified atom stereocenters. The van der Waals surface area contributed by atoms with Gasteiger partial charge >= 0.3 is 5.97 Å². The molecule has 1 saturated heterocycles. The number of rotatable bonds is 10. The summed E-state index contributed by atoms with van der Waals surface area (Å²) in [5, 5.41) is 0. The lowest BCUT2D eigenvalue weighted by atomic mass is 9.96. The van der Waals surface area contributed by atoms with Crippen molar-refractivity contribution in [2.24, 2.45) is 5.92 Å². The Morgan fingerprint density at radius 2 is 1.72 bits per heavy atom. The van der Waals surface area contributed by atoms with Crippen molar-refractivity contribution in [3.05, 3.63) is 89.2 Å². The van der Waals surface area contributed by atoms with Crippen molar-refractivity contribution >= 4 is 17.8 Å². The van der Waals surface area contributed by atoms with Crippen molar-refractivity contribution in [1.29, 1.82) is 0 Å². The molecule has 0 radical (unpaired) electrons. The fourth-order valence-corrected chi connectivity index (χ4v) is 5.16. The van der Waals surface area contributed by atoms with E-state index < -0.39 is 0 Å². The fraction of sp³-hybridized carbons (Fsp3) is 0.375. The number of carbonyl (C=O) groups is 3. The molecule has 0 bridgehead atoms. The SMILES string of the molecule is CCOC(=O)Cc1cncc(-c2ccc(C(=O)N3CCCC3)cc2CN(Cc2ccccc2)C(=O)C2CC2)c1. The number of amides is 2. The molecule has 2 amide bonds. The van der Waals surface area contributed by atoms with Crippen LogP contribution in [0.4, 0.5) is 0 Å². The maximum Gasteiger partial charge on any atom is 0.310 e. The van der Waals surface area contributed by atoms with Crippen molar-refractivity contribution < 1.29 is 19.1 Å². The molecule has 2 heterocycles. The molecule has 5 rings (SSSR count). The summed E-state index contributed by atoms with van der Waals surface area (Å²) in [6, 6.07) is 17.7. The van der Waals surface area contributed by atoms with Crippen molar-refractivity contribution in [2.75, 3.05) is 19.7 Å². The molecule has 2 aromatic carbocycles. The van der Waals surface area contributed by atoms with Crippen LogP contribution >= 0.6 is 0 Å². The van der Waals surface area contributed by atoms with Gasteiger partial charge in [-0.25, -0.2) is 0 Å². The van der Waals surface area contributed by atoms with Crippen molar-refractivity contribution in [3.63, 3.8) is 0 Å². The zero-order chi connectivity index (χ0) is 27.2. The number of nitrogens with zero attached hydrogens (tertiary/aromatic N) is 3. The third-order valence-electron chi connectivity index (χ3n) is 7.32. The van der Waals surface area contributed by atoms with E-state index in [1.807, 2.05) is 64.4 Å². The molecule has 1 aliphatic carbocycles. The largest absolute Gasteiger partial charge is 0.466 e. The minimum absolute atomic E-state index is 0.0256. The Balaban J connectivity index is 1.50. The van der Waals surface area contributed by atoms with E-state index in [4.69, 9.17) is 4.74 Å². The second kappa shape index (κ2) is 12.2. The van der Waals surface area contributed by atoms with Crippen LogP contribution in [0.1, 0.15) is 59.7 Å². The fourth-order valence-electron chi connectivity index (χ4n) is 5.16. The molecule has 2 fully saturated rings. The van der Waals surface area contributed by atoms with Crippen LogP contribution in [0.25, 0.3) is 11.1 Å². The van der Waals surface area contributed by atoms with Crippen molar-refractivity contribution in [3.8, 4) is 11.1 Å². The second-order valence-electron chi connectivity index (χ2n) is 10.4. The predicted octanol–water partition coefficient (Wildman–Crippen LogP) is 5.03. The molecule has 202 valence electrons. The van der Waals surface area contributed by atoms with Gasteiger partial charge in [0, 0.05) is 55.6 Å². The summed E-state index contributed by atoms with van der Waals surface area (Å²) in [5.41, 5.74) is 5.07. The van der Waals surface area contributed by atoms with E-state index in [0.717, 1.165) is 66.6 Å². The Morgan fingerprint density at radius 1 is 0.949 bits per heavy atom. The maximum atomic E-state index is 13.4. The molecule has 7 heteroatoms. The van der Waals surface area contributed by atoms with Crippen LogP contribution in [-0.2, 0) is 33.8 Å². The lowest BCUT2D eigenvalue weighted by Gasteiger charge is -2.25.